The number of nitrogens with two attached hydrogens (primary N) is 1. The van der Waals surface area contributed by atoms with E-state index in [1.807, 2.05) is 19.1 Å². The van der Waals surface area contributed by atoms with Gasteiger partial charge in [0.2, 0.25) is 0 Å². The molecule has 0 aliphatic heterocycles. The van der Waals surface area contributed by atoms with Crippen LogP contribution in [0.2, 0.25) is 5.02 Å². The molecule has 3 N–H and O–H groups in total. The van der Waals surface area contributed by atoms with Crippen LogP contribution < -0.4 is 5.73 Å². The molecule has 0 unspecified atom stereocenters. The van der Waals surface area contributed by atoms with Crippen molar-refractivity contribution in [3.8, 4) is 0 Å². The van der Waals surface area contributed by atoms with Crippen LogP contribution in [0.3, 0.4) is 0 Å². The molecule has 1 aliphatic carbocycles. The highest BCUT2D eigenvalue weighted by atomic mass is 35.5. The normalized spacial score (nSPS) is 30.4. The molecule has 1 aromatic carbocycles. The number of halogens is 1. The molecule has 16 heavy (non-hydrogen) atoms. The zero-order valence-corrected chi connectivity index (χ0v) is 10.3. The van der Waals surface area contributed by atoms with Gasteiger partial charge in [-0.2, -0.15) is 0 Å². The molecular weight excluding hydrogens is 222 g/mol. The summed E-state index contributed by atoms with van der Waals surface area (Å²) in [6, 6.07) is 5.97. The Morgan fingerprint density at radius 2 is 2.00 bits per heavy atom. The van der Waals surface area contributed by atoms with Gasteiger partial charge in [0.1, 0.15) is 0 Å². The van der Waals surface area contributed by atoms with Crippen molar-refractivity contribution < 1.29 is 5.11 Å². The Morgan fingerprint density at radius 1 is 1.38 bits per heavy atom. The molecule has 1 aliphatic rings. The van der Waals surface area contributed by atoms with Crippen LogP contribution in [-0.4, -0.2) is 11.2 Å². The summed E-state index contributed by atoms with van der Waals surface area (Å²) in [6.07, 6.45) is 2.94. The zero-order valence-electron chi connectivity index (χ0n) is 9.54. The van der Waals surface area contributed by atoms with Gasteiger partial charge in [-0.05, 0) is 44.2 Å². The van der Waals surface area contributed by atoms with E-state index in [1.165, 1.54) is 5.56 Å². The third-order valence-electron chi connectivity index (χ3n) is 3.51. The summed E-state index contributed by atoms with van der Waals surface area (Å²) in [4.78, 5) is 0. The van der Waals surface area contributed by atoms with Gasteiger partial charge in [0.05, 0.1) is 6.10 Å². The first-order valence-electron chi connectivity index (χ1n) is 5.75. The maximum atomic E-state index is 9.52. The number of hydrogen-bond donors (Lipinski definition) is 2. The Kier molecular flexibility index (Phi) is 3.24. The minimum absolute atomic E-state index is 0.194. The maximum Gasteiger partial charge on any atom is 0.0541 e. The Labute approximate surface area is 101 Å². The largest absolute Gasteiger partial charge is 0.393 e. The molecule has 0 heterocycles. The number of aliphatic hydroxyl groups is 1. The van der Waals surface area contributed by atoms with E-state index in [4.69, 9.17) is 17.3 Å². The molecule has 88 valence electrons. The number of aryl methyl sites for hydroxylation is 1. The Hall–Kier alpha value is -0.570. The Balaban J connectivity index is 2.32. The van der Waals surface area contributed by atoms with Gasteiger partial charge in [-0.1, -0.05) is 29.3 Å². The summed E-state index contributed by atoms with van der Waals surface area (Å²) in [5.74, 6) is 0. The van der Waals surface area contributed by atoms with E-state index >= 15 is 0 Å². The highest BCUT2D eigenvalue weighted by Gasteiger charge is 2.34. The lowest BCUT2D eigenvalue weighted by molar-refractivity contribution is 0.0969. The van der Waals surface area contributed by atoms with Crippen molar-refractivity contribution in [2.24, 2.45) is 5.73 Å². The van der Waals surface area contributed by atoms with Gasteiger partial charge in [0, 0.05) is 10.6 Å². The molecule has 0 bridgehead atoms. The summed E-state index contributed by atoms with van der Waals surface area (Å²) in [5.41, 5.74) is 8.26. The second kappa shape index (κ2) is 4.36. The summed E-state index contributed by atoms with van der Waals surface area (Å²) in [6.45, 7) is 2.04. The van der Waals surface area contributed by atoms with E-state index in [1.54, 1.807) is 0 Å². The van der Waals surface area contributed by atoms with Crippen LogP contribution in [0.15, 0.2) is 18.2 Å². The van der Waals surface area contributed by atoms with Gasteiger partial charge in [0.25, 0.3) is 0 Å². The molecule has 1 fully saturated rings. The van der Waals surface area contributed by atoms with Crippen molar-refractivity contribution in [2.45, 2.75) is 44.2 Å². The van der Waals surface area contributed by atoms with Crippen molar-refractivity contribution in [1.82, 2.24) is 0 Å². The van der Waals surface area contributed by atoms with Crippen LogP contribution in [0.5, 0.6) is 0 Å². The van der Waals surface area contributed by atoms with E-state index in [0.29, 0.717) is 0 Å². The molecule has 2 nitrogen and oxygen atoms in total. The molecule has 1 aromatic rings. The van der Waals surface area contributed by atoms with Crippen LogP contribution in [0.1, 0.15) is 36.8 Å². The third-order valence-corrected chi connectivity index (χ3v) is 3.84. The summed E-state index contributed by atoms with van der Waals surface area (Å²) < 4.78 is 0. The lowest BCUT2D eigenvalue weighted by atomic mass is 9.76. The molecule has 0 aromatic heterocycles. The van der Waals surface area contributed by atoms with Crippen molar-refractivity contribution in [2.75, 3.05) is 0 Å². The van der Waals surface area contributed by atoms with Crippen molar-refractivity contribution in [3.05, 3.63) is 34.3 Å². The molecule has 0 amide bonds. The van der Waals surface area contributed by atoms with Crippen LogP contribution in [0.4, 0.5) is 0 Å². The van der Waals surface area contributed by atoms with Gasteiger partial charge in [0.15, 0.2) is 0 Å². The van der Waals surface area contributed by atoms with Crippen LogP contribution in [0.25, 0.3) is 0 Å². The minimum atomic E-state index is -0.359. The second-order valence-electron chi connectivity index (χ2n) is 4.87. The van der Waals surface area contributed by atoms with Gasteiger partial charge in [-0.25, -0.2) is 0 Å². The van der Waals surface area contributed by atoms with Gasteiger partial charge >= 0.3 is 0 Å². The fraction of sp³-hybridized carbons (Fsp3) is 0.538. The highest BCUT2D eigenvalue weighted by Crippen LogP contribution is 2.38. The molecular formula is C13H18ClNO. The SMILES string of the molecule is Cc1ccc(Cl)c(C2(N)CCC(O)CC2)c1. The first kappa shape index (κ1) is 11.9. The average molecular weight is 240 g/mol. The smallest absolute Gasteiger partial charge is 0.0541 e. The first-order chi connectivity index (χ1) is 7.51. The average Bonchev–Trinajstić information content (AvgIpc) is 2.26. The standard InChI is InChI=1S/C13H18ClNO/c1-9-2-3-12(14)11(8-9)13(15)6-4-10(16)5-7-13/h2-3,8,10,16H,4-7,15H2,1H3. The fourth-order valence-electron chi connectivity index (χ4n) is 2.41. The molecule has 3 heteroatoms. The third kappa shape index (κ3) is 2.24. The van der Waals surface area contributed by atoms with Gasteiger partial charge in [-0.3, -0.25) is 0 Å². The number of aliphatic hydroxyl groups excluding tert-OH is 1. The summed E-state index contributed by atoms with van der Waals surface area (Å²) in [5, 5.41) is 10.3. The molecule has 0 spiro atoms. The lowest BCUT2D eigenvalue weighted by Crippen LogP contribution is -2.41. The van der Waals surface area contributed by atoms with E-state index in [2.05, 4.69) is 6.07 Å². The molecule has 0 radical (unpaired) electrons. The lowest BCUT2D eigenvalue weighted by Gasteiger charge is -2.36. The molecule has 2 rings (SSSR count). The minimum Gasteiger partial charge on any atom is -0.393 e. The second-order valence-corrected chi connectivity index (χ2v) is 5.28. The first-order valence-corrected chi connectivity index (χ1v) is 6.13. The van der Waals surface area contributed by atoms with E-state index in [9.17, 15) is 5.11 Å². The van der Waals surface area contributed by atoms with E-state index in [-0.39, 0.29) is 11.6 Å². The van der Waals surface area contributed by atoms with Gasteiger partial charge < -0.3 is 10.8 Å². The van der Waals surface area contributed by atoms with E-state index < -0.39 is 0 Å². The Bertz CT molecular complexity index is 384. The predicted molar refractivity (Wildman–Crippen MR) is 66.5 cm³/mol. The number of rotatable bonds is 1. The quantitative estimate of drug-likeness (QED) is 0.792. The molecule has 0 atom stereocenters. The Morgan fingerprint density at radius 3 is 2.62 bits per heavy atom. The van der Waals surface area contributed by atoms with E-state index in [0.717, 1.165) is 36.3 Å². The monoisotopic (exact) mass is 239 g/mol. The van der Waals surface area contributed by atoms with Crippen molar-refractivity contribution in [3.63, 3.8) is 0 Å². The summed E-state index contributed by atoms with van der Waals surface area (Å²) >= 11 is 6.21. The van der Waals surface area contributed by atoms with Crippen LogP contribution >= 0.6 is 11.6 Å². The van der Waals surface area contributed by atoms with Crippen LogP contribution in [-0.2, 0) is 5.54 Å². The maximum absolute atomic E-state index is 9.52. The van der Waals surface area contributed by atoms with Crippen LogP contribution in [0, 0.1) is 6.92 Å². The fourth-order valence-corrected chi connectivity index (χ4v) is 2.71. The topological polar surface area (TPSA) is 46.2 Å². The molecule has 1 saturated carbocycles. The summed E-state index contributed by atoms with van der Waals surface area (Å²) in [7, 11) is 0. The zero-order chi connectivity index (χ0) is 11.8. The highest BCUT2D eigenvalue weighted by molar-refractivity contribution is 6.31. The van der Waals surface area contributed by atoms with Crippen molar-refractivity contribution in [1.29, 1.82) is 0 Å². The van der Waals surface area contributed by atoms with Crippen molar-refractivity contribution >= 4 is 11.6 Å². The number of hydrogen-bond acceptors (Lipinski definition) is 2. The number of benzene rings is 1. The van der Waals surface area contributed by atoms with Gasteiger partial charge in [-0.15, -0.1) is 0 Å². The molecule has 0 saturated heterocycles. The predicted octanol–water partition coefficient (Wildman–Crippen LogP) is 2.74.